The van der Waals surface area contributed by atoms with Gasteiger partial charge >= 0.3 is 0 Å². The van der Waals surface area contributed by atoms with E-state index in [2.05, 4.69) is 12.2 Å². The van der Waals surface area contributed by atoms with Gasteiger partial charge in [-0.15, -0.1) is 0 Å². The van der Waals surface area contributed by atoms with Crippen LogP contribution in [-0.2, 0) is 14.6 Å². The van der Waals surface area contributed by atoms with Gasteiger partial charge in [0.25, 0.3) is 0 Å². The number of rotatable bonds is 5. The zero-order chi connectivity index (χ0) is 14.8. The summed E-state index contributed by atoms with van der Waals surface area (Å²) in [6, 6.07) is -0.136. The summed E-state index contributed by atoms with van der Waals surface area (Å²) in [5, 5.41) is 3.14. The summed E-state index contributed by atoms with van der Waals surface area (Å²) in [6.45, 7) is 6.16. The first-order chi connectivity index (χ1) is 9.44. The third kappa shape index (κ3) is 3.41. The van der Waals surface area contributed by atoms with E-state index in [0.717, 1.165) is 37.1 Å². The summed E-state index contributed by atoms with van der Waals surface area (Å²) < 4.78 is 23.3. The van der Waals surface area contributed by atoms with Crippen LogP contribution in [0.2, 0.25) is 0 Å². The molecule has 0 aromatic rings. The highest BCUT2D eigenvalue weighted by Crippen LogP contribution is 2.22. The molecule has 2 saturated heterocycles. The third-order valence-corrected chi connectivity index (χ3v) is 5.94. The maximum absolute atomic E-state index is 12.6. The Hall–Kier alpha value is -0.880. The van der Waals surface area contributed by atoms with Gasteiger partial charge in [-0.3, -0.25) is 4.79 Å². The number of hydrogen-bond donors (Lipinski definition) is 1. The molecule has 1 amide bonds. The first kappa shape index (κ1) is 15.5. The minimum absolute atomic E-state index is 0.0250. The van der Waals surface area contributed by atoms with Crippen molar-refractivity contribution in [1.29, 1.82) is 0 Å². The van der Waals surface area contributed by atoms with Crippen molar-refractivity contribution in [1.82, 2.24) is 10.2 Å². The van der Waals surface area contributed by atoms with E-state index in [4.69, 9.17) is 0 Å². The molecule has 1 N–H and O–H groups in total. The molecule has 2 fully saturated rings. The normalized spacial score (nSPS) is 24.3. The number of carbonyl (C=O) groups excluding carboxylic acids is 1. The minimum atomic E-state index is -2.96. The average molecular weight is 300 g/mol. The Balaban J connectivity index is 2.13. The molecule has 0 aromatic carbocycles. The van der Waals surface area contributed by atoms with Crippen LogP contribution in [0.3, 0.4) is 0 Å². The molecule has 1 atom stereocenters. The van der Waals surface area contributed by atoms with E-state index in [1.54, 1.807) is 4.90 Å². The van der Waals surface area contributed by atoms with Crippen molar-refractivity contribution >= 4 is 15.7 Å². The molecule has 6 heteroatoms. The van der Waals surface area contributed by atoms with Gasteiger partial charge in [0, 0.05) is 31.2 Å². The molecule has 0 bridgehead atoms. The van der Waals surface area contributed by atoms with E-state index in [0.29, 0.717) is 13.0 Å². The lowest BCUT2D eigenvalue weighted by Gasteiger charge is -2.31. The summed E-state index contributed by atoms with van der Waals surface area (Å²) >= 11 is 0. The molecule has 0 aliphatic carbocycles. The topological polar surface area (TPSA) is 66.5 Å². The lowest BCUT2D eigenvalue weighted by Crippen LogP contribution is -2.44. The molecule has 0 saturated carbocycles. The second-order valence-corrected chi connectivity index (χ2v) is 7.97. The third-order valence-electron chi connectivity index (χ3n) is 4.19. The van der Waals surface area contributed by atoms with Crippen molar-refractivity contribution in [2.24, 2.45) is 0 Å². The summed E-state index contributed by atoms with van der Waals surface area (Å²) in [5.74, 6) is 0.366. The number of sulfone groups is 1. The van der Waals surface area contributed by atoms with Crippen molar-refractivity contribution in [3.05, 3.63) is 11.1 Å². The Kier molecular flexibility index (Phi) is 4.86. The first-order valence-corrected chi connectivity index (χ1v) is 9.17. The highest BCUT2D eigenvalue weighted by Gasteiger charge is 2.35. The van der Waals surface area contributed by atoms with Gasteiger partial charge in [-0.2, -0.15) is 0 Å². The lowest BCUT2D eigenvalue weighted by molar-refractivity contribution is -0.129. The second kappa shape index (κ2) is 6.26. The molecule has 0 spiro atoms. The molecular weight excluding hydrogens is 276 g/mol. The number of carbonyl (C=O) groups is 1. The molecule has 2 aliphatic rings. The molecule has 2 heterocycles. The Labute approximate surface area is 121 Å². The van der Waals surface area contributed by atoms with Gasteiger partial charge in [0.15, 0.2) is 9.84 Å². The van der Waals surface area contributed by atoms with Crippen LogP contribution in [0.5, 0.6) is 0 Å². The largest absolute Gasteiger partial charge is 0.335 e. The average Bonchev–Trinajstić information content (AvgIpc) is 2.67. The quantitative estimate of drug-likeness (QED) is 0.760. The fraction of sp³-hybridized carbons (Fsp3) is 0.786. The zero-order valence-corrected chi connectivity index (χ0v) is 13.1. The smallest absolute Gasteiger partial charge is 0.249 e. The SMILES string of the molecule is CCCCN(C(=O)C(C)=C1CNC1)C1CCS(=O)(=O)C1. The Morgan fingerprint density at radius 1 is 1.40 bits per heavy atom. The number of unbranched alkanes of at least 4 members (excludes halogenated alkanes) is 1. The van der Waals surface area contributed by atoms with Gasteiger partial charge in [-0.25, -0.2) is 8.42 Å². The number of nitrogens with one attached hydrogen (secondary N) is 1. The summed E-state index contributed by atoms with van der Waals surface area (Å²) in [4.78, 5) is 14.4. The molecule has 2 rings (SSSR count). The Morgan fingerprint density at radius 2 is 2.10 bits per heavy atom. The van der Waals surface area contributed by atoms with Gasteiger partial charge < -0.3 is 10.2 Å². The minimum Gasteiger partial charge on any atom is -0.335 e. The number of amides is 1. The predicted molar refractivity (Wildman–Crippen MR) is 79.2 cm³/mol. The van der Waals surface area contributed by atoms with E-state index in [1.807, 2.05) is 6.92 Å². The molecule has 1 unspecified atom stereocenters. The van der Waals surface area contributed by atoms with Crippen molar-refractivity contribution in [2.45, 2.75) is 39.2 Å². The Morgan fingerprint density at radius 3 is 2.55 bits per heavy atom. The fourth-order valence-electron chi connectivity index (χ4n) is 2.68. The molecule has 0 aromatic heterocycles. The first-order valence-electron chi connectivity index (χ1n) is 7.35. The summed E-state index contributed by atoms with van der Waals surface area (Å²) in [7, 11) is -2.96. The highest BCUT2D eigenvalue weighted by molar-refractivity contribution is 7.91. The van der Waals surface area contributed by atoms with Crippen molar-refractivity contribution in [2.75, 3.05) is 31.1 Å². The van der Waals surface area contributed by atoms with Crippen LogP contribution in [0.1, 0.15) is 33.1 Å². The maximum atomic E-state index is 12.6. The Bertz CT molecular complexity index is 505. The summed E-state index contributed by atoms with van der Waals surface area (Å²) in [5.41, 5.74) is 1.95. The van der Waals surface area contributed by atoms with Crippen LogP contribution in [-0.4, -0.2) is 56.4 Å². The molecular formula is C14H24N2O3S. The van der Waals surface area contributed by atoms with Crippen LogP contribution >= 0.6 is 0 Å². The number of hydrogen-bond acceptors (Lipinski definition) is 4. The van der Waals surface area contributed by atoms with E-state index >= 15 is 0 Å². The van der Waals surface area contributed by atoms with E-state index < -0.39 is 9.84 Å². The van der Waals surface area contributed by atoms with Crippen molar-refractivity contribution in [3.8, 4) is 0 Å². The van der Waals surface area contributed by atoms with E-state index in [9.17, 15) is 13.2 Å². The molecule has 114 valence electrons. The second-order valence-electron chi connectivity index (χ2n) is 5.74. The lowest BCUT2D eigenvalue weighted by atomic mass is 10.0. The van der Waals surface area contributed by atoms with Gasteiger partial charge in [0.2, 0.25) is 5.91 Å². The van der Waals surface area contributed by atoms with Crippen LogP contribution < -0.4 is 5.32 Å². The molecule has 0 radical (unpaired) electrons. The van der Waals surface area contributed by atoms with Crippen LogP contribution in [0.25, 0.3) is 0 Å². The zero-order valence-electron chi connectivity index (χ0n) is 12.3. The molecule has 5 nitrogen and oxygen atoms in total. The van der Waals surface area contributed by atoms with Crippen molar-refractivity contribution < 1.29 is 13.2 Å². The van der Waals surface area contributed by atoms with E-state index in [1.165, 1.54) is 0 Å². The maximum Gasteiger partial charge on any atom is 0.249 e. The van der Waals surface area contributed by atoms with Crippen molar-refractivity contribution in [3.63, 3.8) is 0 Å². The van der Waals surface area contributed by atoms with Gasteiger partial charge in [0.1, 0.15) is 0 Å². The fourth-order valence-corrected chi connectivity index (χ4v) is 4.41. The predicted octanol–water partition coefficient (Wildman–Crippen LogP) is 0.722. The van der Waals surface area contributed by atoms with Gasteiger partial charge in [-0.05, 0) is 25.3 Å². The van der Waals surface area contributed by atoms with Gasteiger partial charge in [0.05, 0.1) is 11.5 Å². The van der Waals surface area contributed by atoms with Crippen LogP contribution in [0.4, 0.5) is 0 Å². The number of nitrogens with zero attached hydrogens (tertiary/aromatic N) is 1. The standard InChI is InChI=1S/C14H24N2O3S/c1-3-4-6-16(13-5-7-20(18,19)10-13)14(17)11(2)12-8-15-9-12/h13,15H,3-10H2,1-2H3. The van der Waals surface area contributed by atoms with Crippen LogP contribution in [0, 0.1) is 0 Å². The summed E-state index contributed by atoms with van der Waals surface area (Å²) in [6.07, 6.45) is 2.50. The molecule has 2 aliphatic heterocycles. The van der Waals surface area contributed by atoms with Gasteiger partial charge in [-0.1, -0.05) is 13.3 Å². The molecule has 20 heavy (non-hydrogen) atoms. The van der Waals surface area contributed by atoms with Crippen LogP contribution in [0.15, 0.2) is 11.1 Å². The highest BCUT2D eigenvalue weighted by atomic mass is 32.2. The monoisotopic (exact) mass is 300 g/mol. The van der Waals surface area contributed by atoms with E-state index in [-0.39, 0.29) is 23.5 Å².